The number of nitrogens with zero attached hydrogens (tertiary/aromatic N) is 4. The number of anilines is 1. The fraction of sp³-hybridized carbons (Fsp3) is 0.545. The molecule has 28 heavy (non-hydrogen) atoms. The van der Waals surface area contributed by atoms with Gasteiger partial charge in [-0.1, -0.05) is 7.43 Å². The molecule has 2 aromatic heterocycles. The molecule has 0 bridgehead atoms. The summed E-state index contributed by atoms with van der Waals surface area (Å²) >= 11 is 0. The highest BCUT2D eigenvalue weighted by Crippen LogP contribution is 2.57. The van der Waals surface area contributed by atoms with Crippen molar-refractivity contribution < 1.29 is 47.6 Å². The molecule has 0 spiro atoms. The van der Waals surface area contributed by atoms with Crippen LogP contribution in [-0.2, 0) is 22.7 Å². The van der Waals surface area contributed by atoms with Crippen LogP contribution in [0.25, 0.3) is 11.2 Å². The minimum Gasteiger partial charge on any atom is -0.387 e. The van der Waals surface area contributed by atoms with Crippen LogP contribution in [0, 0.1) is 0 Å². The number of phosphoric acid groups is 2. The average Bonchev–Trinajstić information content (AvgIpc) is 3.07. The van der Waals surface area contributed by atoms with Gasteiger partial charge in [-0.3, -0.25) is 9.09 Å². The topological polar surface area (TPSA) is 233 Å². The maximum Gasteiger partial charge on any atom is 0.481 e. The fourth-order valence-corrected chi connectivity index (χ4v) is 4.08. The number of rotatable bonds is 6. The molecule has 1 unspecified atom stereocenters. The Bertz CT molecular complexity index is 934. The molecule has 1 aliphatic heterocycles. The highest BCUT2D eigenvalue weighted by molar-refractivity contribution is 7.60. The Labute approximate surface area is 157 Å². The van der Waals surface area contributed by atoms with Crippen LogP contribution in [0.15, 0.2) is 12.7 Å². The van der Waals surface area contributed by atoms with Crippen molar-refractivity contribution in [2.24, 2.45) is 0 Å². The van der Waals surface area contributed by atoms with Gasteiger partial charge in [-0.2, -0.15) is 4.31 Å². The van der Waals surface area contributed by atoms with Gasteiger partial charge in [0.2, 0.25) is 0 Å². The van der Waals surface area contributed by atoms with Crippen molar-refractivity contribution in [3.63, 3.8) is 0 Å². The molecule has 1 fully saturated rings. The number of nitrogens with two attached hydrogens (primary N) is 1. The summed E-state index contributed by atoms with van der Waals surface area (Å²) in [7, 11) is -10.4. The highest BCUT2D eigenvalue weighted by atomic mass is 31.3. The van der Waals surface area contributed by atoms with Crippen LogP contribution in [0.4, 0.5) is 5.82 Å². The van der Waals surface area contributed by atoms with Crippen molar-refractivity contribution in [3.05, 3.63) is 12.7 Å². The predicted octanol–water partition coefficient (Wildman–Crippen LogP) is -1.11. The molecule has 7 N–H and O–H groups in total. The summed E-state index contributed by atoms with van der Waals surface area (Å²) < 4.78 is 36.8. The largest absolute Gasteiger partial charge is 0.481 e. The van der Waals surface area contributed by atoms with Crippen molar-refractivity contribution in [2.45, 2.75) is 32.0 Å². The Morgan fingerprint density at radius 2 is 1.86 bits per heavy atom. The zero-order chi connectivity index (χ0) is 20.0. The SMILES string of the molecule is C.Nc1ncnc2c1ncn2[C@@H]1O[C@H](COP(=O)(O)OP(=O)(O)O)[C@@H](O)[C@H]1O. The second-order valence-corrected chi connectivity index (χ2v) is 8.30. The Hall–Kier alpha value is -1.51. The van der Waals surface area contributed by atoms with Crippen LogP contribution < -0.4 is 5.73 Å². The lowest BCUT2D eigenvalue weighted by Gasteiger charge is -2.17. The Balaban J connectivity index is 0.00000280. The molecule has 0 aromatic carbocycles. The van der Waals surface area contributed by atoms with E-state index in [1.165, 1.54) is 10.9 Å². The standard InChI is InChI=1S/C10H15N5O10P2.CH4/c11-8-5-9(13-2-12-8)15(3-14-5)10-7(17)6(16)4(24-10)1-23-27(21,22)25-26(18,19)20;/h2-4,6-7,10,16-17H,1H2,(H,21,22)(H2,11,12,13)(H2,18,19,20);1H4/t4-,6-,7-,10-;/m1./s1. The maximum atomic E-state index is 11.5. The number of aliphatic hydroxyl groups is 2. The van der Waals surface area contributed by atoms with Crippen molar-refractivity contribution in [2.75, 3.05) is 12.3 Å². The van der Waals surface area contributed by atoms with Gasteiger partial charge in [0, 0.05) is 0 Å². The number of fused-ring (bicyclic) bond motifs is 1. The quantitative estimate of drug-likeness (QED) is 0.291. The molecule has 3 heterocycles. The maximum absolute atomic E-state index is 11.5. The van der Waals surface area contributed by atoms with E-state index in [1.54, 1.807) is 0 Å². The third-order valence-electron chi connectivity index (χ3n) is 3.61. The van der Waals surface area contributed by atoms with Crippen LogP contribution >= 0.6 is 15.6 Å². The van der Waals surface area contributed by atoms with Gasteiger partial charge in [-0.05, 0) is 0 Å². The van der Waals surface area contributed by atoms with Crippen molar-refractivity contribution in [1.82, 2.24) is 19.5 Å². The first-order chi connectivity index (χ1) is 12.5. The molecule has 0 amide bonds. The number of phosphoric ester groups is 1. The third kappa shape index (κ3) is 4.72. The molecule has 3 rings (SSSR count). The van der Waals surface area contributed by atoms with Gasteiger partial charge < -0.3 is 35.4 Å². The van der Waals surface area contributed by atoms with Gasteiger partial charge in [-0.25, -0.2) is 24.1 Å². The summed E-state index contributed by atoms with van der Waals surface area (Å²) in [5.74, 6) is 0.0856. The van der Waals surface area contributed by atoms with E-state index in [0.717, 1.165) is 6.33 Å². The summed E-state index contributed by atoms with van der Waals surface area (Å²) in [5.41, 5.74) is 6.11. The molecular formula is C11H19N5O10P2. The zero-order valence-corrected chi connectivity index (χ0v) is 15.0. The summed E-state index contributed by atoms with van der Waals surface area (Å²) in [4.78, 5) is 38.1. The van der Waals surface area contributed by atoms with E-state index in [2.05, 4.69) is 23.8 Å². The Kier molecular flexibility index (Phi) is 6.57. The summed E-state index contributed by atoms with van der Waals surface area (Å²) in [6, 6.07) is 0. The second kappa shape index (κ2) is 8.08. The van der Waals surface area contributed by atoms with Gasteiger partial charge in [-0.15, -0.1) is 0 Å². The summed E-state index contributed by atoms with van der Waals surface area (Å²) in [6.07, 6.45) is -3.20. The normalized spacial score (nSPS) is 27.5. The monoisotopic (exact) mass is 443 g/mol. The molecule has 0 aliphatic carbocycles. The fourth-order valence-electron chi connectivity index (χ4n) is 2.48. The van der Waals surface area contributed by atoms with E-state index in [-0.39, 0.29) is 24.4 Å². The highest BCUT2D eigenvalue weighted by Gasteiger charge is 2.46. The first-order valence-electron chi connectivity index (χ1n) is 7.17. The molecule has 0 saturated carbocycles. The Morgan fingerprint density at radius 1 is 1.18 bits per heavy atom. The van der Waals surface area contributed by atoms with E-state index in [0.29, 0.717) is 0 Å². The number of imidazole rings is 1. The average molecular weight is 443 g/mol. The zero-order valence-electron chi connectivity index (χ0n) is 13.2. The molecular weight excluding hydrogens is 424 g/mol. The Morgan fingerprint density at radius 3 is 2.50 bits per heavy atom. The molecule has 5 atom stereocenters. The van der Waals surface area contributed by atoms with E-state index in [9.17, 15) is 24.2 Å². The van der Waals surface area contributed by atoms with Gasteiger partial charge in [0.15, 0.2) is 17.7 Å². The van der Waals surface area contributed by atoms with E-state index in [4.69, 9.17) is 20.3 Å². The minimum absolute atomic E-state index is 0. The smallest absolute Gasteiger partial charge is 0.387 e. The van der Waals surface area contributed by atoms with Crippen molar-refractivity contribution >= 4 is 32.6 Å². The van der Waals surface area contributed by atoms with Gasteiger partial charge in [0.25, 0.3) is 0 Å². The van der Waals surface area contributed by atoms with Crippen LogP contribution in [0.5, 0.6) is 0 Å². The molecule has 1 aliphatic rings. The number of ether oxygens (including phenoxy) is 1. The van der Waals surface area contributed by atoms with Gasteiger partial charge >= 0.3 is 15.6 Å². The predicted molar refractivity (Wildman–Crippen MR) is 91.3 cm³/mol. The molecule has 1 saturated heterocycles. The minimum atomic E-state index is -5.29. The molecule has 17 heteroatoms. The third-order valence-corrected chi connectivity index (χ3v) is 5.76. The first kappa shape index (κ1) is 22.8. The van der Waals surface area contributed by atoms with Crippen molar-refractivity contribution in [1.29, 1.82) is 0 Å². The number of hydrogen-bond acceptors (Lipinski definition) is 11. The van der Waals surface area contributed by atoms with Gasteiger partial charge in [0.05, 0.1) is 12.9 Å². The van der Waals surface area contributed by atoms with Gasteiger partial charge in [0.1, 0.15) is 30.2 Å². The van der Waals surface area contributed by atoms with Crippen LogP contribution in [0.1, 0.15) is 13.7 Å². The molecule has 158 valence electrons. The van der Waals surface area contributed by atoms with E-state index >= 15 is 0 Å². The van der Waals surface area contributed by atoms with E-state index < -0.39 is 46.8 Å². The molecule has 0 radical (unpaired) electrons. The van der Waals surface area contributed by atoms with Crippen LogP contribution in [0.2, 0.25) is 0 Å². The van der Waals surface area contributed by atoms with Crippen LogP contribution in [-0.4, -0.2) is 69.3 Å². The first-order valence-corrected chi connectivity index (χ1v) is 10.2. The van der Waals surface area contributed by atoms with Crippen LogP contribution in [0.3, 0.4) is 0 Å². The van der Waals surface area contributed by atoms with Crippen molar-refractivity contribution in [3.8, 4) is 0 Å². The summed E-state index contributed by atoms with van der Waals surface area (Å²) in [5, 5.41) is 20.3. The summed E-state index contributed by atoms with van der Waals surface area (Å²) in [6.45, 7) is -0.813. The number of nitrogen functional groups attached to an aromatic ring is 1. The lowest BCUT2D eigenvalue weighted by molar-refractivity contribution is -0.0503. The lowest BCUT2D eigenvalue weighted by atomic mass is 10.1. The number of hydrogen-bond donors (Lipinski definition) is 6. The second-order valence-electron chi connectivity index (χ2n) is 5.47. The lowest BCUT2D eigenvalue weighted by Crippen LogP contribution is -2.33. The van der Waals surface area contributed by atoms with E-state index in [1.807, 2.05) is 0 Å². The molecule has 15 nitrogen and oxygen atoms in total. The number of aromatic nitrogens is 4. The number of aliphatic hydroxyl groups excluding tert-OH is 2. The molecule has 2 aromatic rings.